The fourth-order valence-corrected chi connectivity index (χ4v) is 4.50. The number of aliphatic imine (C=N–C) groups is 1. The molecular weight excluding hydrogens is 539 g/mol. The van der Waals surface area contributed by atoms with Crippen molar-refractivity contribution < 1.29 is 14.6 Å². The van der Waals surface area contributed by atoms with Crippen LogP contribution in [0.2, 0.25) is 0 Å². The maximum Gasteiger partial charge on any atom is 0.191 e. The first-order chi connectivity index (χ1) is 15.1. The van der Waals surface area contributed by atoms with Crippen molar-refractivity contribution in [3.8, 4) is 5.75 Å². The van der Waals surface area contributed by atoms with E-state index in [0.29, 0.717) is 19.0 Å². The lowest BCUT2D eigenvalue weighted by Gasteiger charge is -2.36. The number of halogens is 1. The molecule has 178 valence electrons. The Bertz CT molecular complexity index is 804. The van der Waals surface area contributed by atoms with Crippen molar-refractivity contribution in [3.63, 3.8) is 0 Å². The fraction of sp³-hybridized carbons (Fsp3) is 0.522. The minimum atomic E-state index is -0.636. The van der Waals surface area contributed by atoms with Crippen molar-refractivity contribution in [1.29, 1.82) is 0 Å². The number of ether oxygens (including phenoxy) is 2. The lowest BCUT2D eigenvalue weighted by molar-refractivity contribution is -0.0327. The molecule has 3 unspecified atom stereocenters. The van der Waals surface area contributed by atoms with Gasteiger partial charge in [-0.15, -0.1) is 35.3 Å². The first-order valence-corrected chi connectivity index (χ1v) is 11.7. The second-order valence-electron chi connectivity index (χ2n) is 7.60. The fourth-order valence-electron chi connectivity index (χ4n) is 3.65. The summed E-state index contributed by atoms with van der Waals surface area (Å²) in [6.07, 6.45) is -0.408. The van der Waals surface area contributed by atoms with E-state index in [2.05, 4.69) is 40.0 Å². The van der Waals surface area contributed by atoms with Gasteiger partial charge in [-0.3, -0.25) is 9.89 Å². The third kappa shape index (κ3) is 7.87. The van der Waals surface area contributed by atoms with Crippen molar-refractivity contribution in [3.05, 3.63) is 52.2 Å². The number of nitrogens with zero attached hydrogens (tertiary/aromatic N) is 2. The van der Waals surface area contributed by atoms with Crippen LogP contribution < -0.4 is 15.4 Å². The third-order valence-corrected chi connectivity index (χ3v) is 6.29. The highest BCUT2D eigenvalue weighted by Gasteiger charge is 2.26. The molecular formula is C23H35IN4O3S. The Kier molecular flexibility index (Phi) is 11.7. The van der Waals surface area contributed by atoms with Crippen LogP contribution in [0.3, 0.4) is 0 Å². The van der Waals surface area contributed by atoms with Gasteiger partial charge in [-0.1, -0.05) is 18.2 Å². The van der Waals surface area contributed by atoms with Crippen LogP contribution in [0, 0.1) is 0 Å². The molecule has 1 saturated heterocycles. The van der Waals surface area contributed by atoms with Crippen LogP contribution in [-0.2, 0) is 4.74 Å². The van der Waals surface area contributed by atoms with Crippen molar-refractivity contribution in [1.82, 2.24) is 15.5 Å². The SMILES string of the molecule is CCNC(=NCC(c1cccs1)N1CCOC(C)C1)NCC(O)c1ccc(OC)cc1.I. The molecule has 0 saturated carbocycles. The largest absolute Gasteiger partial charge is 0.497 e. The van der Waals surface area contributed by atoms with E-state index in [4.69, 9.17) is 14.5 Å². The average molecular weight is 575 g/mol. The molecule has 2 heterocycles. The van der Waals surface area contributed by atoms with Crippen LogP contribution in [0.15, 0.2) is 46.8 Å². The zero-order valence-electron chi connectivity index (χ0n) is 19.0. The maximum atomic E-state index is 10.6. The lowest BCUT2D eigenvalue weighted by Crippen LogP contribution is -2.44. The molecule has 9 heteroatoms. The first kappa shape index (κ1) is 26.8. The summed E-state index contributed by atoms with van der Waals surface area (Å²) in [6, 6.07) is 11.9. The van der Waals surface area contributed by atoms with Crippen LogP contribution in [0.25, 0.3) is 0 Å². The molecule has 1 aromatic heterocycles. The molecule has 0 spiro atoms. The highest BCUT2D eigenvalue weighted by molar-refractivity contribution is 14.0. The second-order valence-corrected chi connectivity index (χ2v) is 8.58. The van der Waals surface area contributed by atoms with E-state index in [0.717, 1.165) is 37.6 Å². The number of aliphatic hydroxyl groups is 1. The summed E-state index contributed by atoms with van der Waals surface area (Å²) in [4.78, 5) is 8.62. The van der Waals surface area contributed by atoms with Crippen molar-refractivity contribution in [2.75, 3.05) is 46.4 Å². The Balaban J connectivity index is 0.00000363. The van der Waals surface area contributed by atoms with Gasteiger partial charge in [0.1, 0.15) is 5.75 Å². The predicted molar refractivity (Wildman–Crippen MR) is 141 cm³/mol. The number of rotatable bonds is 9. The minimum Gasteiger partial charge on any atom is -0.497 e. The highest BCUT2D eigenvalue weighted by Crippen LogP contribution is 2.27. The number of nitrogens with one attached hydrogen (secondary N) is 2. The van der Waals surface area contributed by atoms with E-state index in [1.165, 1.54) is 4.88 Å². The molecule has 1 aliphatic heterocycles. The smallest absolute Gasteiger partial charge is 0.191 e. The Morgan fingerprint density at radius 3 is 2.72 bits per heavy atom. The number of benzene rings is 1. The number of morpholine rings is 1. The Labute approximate surface area is 212 Å². The van der Waals surface area contributed by atoms with Gasteiger partial charge in [-0.2, -0.15) is 0 Å². The van der Waals surface area contributed by atoms with E-state index < -0.39 is 6.10 Å². The van der Waals surface area contributed by atoms with Gasteiger partial charge in [0.25, 0.3) is 0 Å². The molecule has 3 N–H and O–H groups in total. The first-order valence-electron chi connectivity index (χ1n) is 10.8. The number of hydrogen-bond donors (Lipinski definition) is 3. The molecule has 0 radical (unpaired) electrons. The van der Waals surface area contributed by atoms with Gasteiger partial charge in [0.2, 0.25) is 0 Å². The molecule has 3 atom stereocenters. The van der Waals surface area contributed by atoms with Gasteiger partial charge in [0, 0.05) is 31.1 Å². The van der Waals surface area contributed by atoms with Crippen molar-refractivity contribution >= 4 is 41.3 Å². The topological polar surface area (TPSA) is 78.4 Å². The Morgan fingerprint density at radius 2 is 2.09 bits per heavy atom. The van der Waals surface area contributed by atoms with Crippen LogP contribution in [0.5, 0.6) is 5.75 Å². The number of thiophene rings is 1. The molecule has 0 aliphatic carbocycles. The molecule has 0 amide bonds. The monoisotopic (exact) mass is 574 g/mol. The van der Waals surface area contributed by atoms with E-state index in [1.54, 1.807) is 18.4 Å². The standard InChI is InChI=1S/C23H34N4O3S.HI/c1-4-24-23(26-15-21(28)18-7-9-19(29-3)10-8-18)25-14-20(22-6-5-13-31-22)27-11-12-30-17(2)16-27;/h5-10,13,17,20-21,28H,4,11-12,14-16H2,1-3H3,(H2,24,25,26);1H. The molecule has 1 aliphatic rings. The van der Waals surface area contributed by atoms with Gasteiger partial charge in [0.15, 0.2) is 5.96 Å². The van der Waals surface area contributed by atoms with E-state index in [1.807, 2.05) is 31.2 Å². The van der Waals surface area contributed by atoms with Gasteiger partial charge in [0.05, 0.1) is 38.5 Å². The van der Waals surface area contributed by atoms with Crippen molar-refractivity contribution in [2.24, 2.45) is 4.99 Å². The van der Waals surface area contributed by atoms with Crippen LogP contribution >= 0.6 is 35.3 Å². The molecule has 3 rings (SSSR count). The van der Waals surface area contributed by atoms with Gasteiger partial charge in [-0.05, 0) is 43.0 Å². The zero-order valence-corrected chi connectivity index (χ0v) is 22.1. The molecule has 2 aromatic rings. The normalized spacial score (nSPS) is 19.0. The van der Waals surface area contributed by atoms with Crippen molar-refractivity contribution in [2.45, 2.75) is 32.1 Å². The minimum absolute atomic E-state index is 0. The van der Waals surface area contributed by atoms with E-state index in [9.17, 15) is 5.11 Å². The second kappa shape index (κ2) is 14.0. The highest BCUT2D eigenvalue weighted by atomic mass is 127. The van der Waals surface area contributed by atoms with Gasteiger partial charge in [-0.25, -0.2) is 0 Å². The van der Waals surface area contributed by atoms with Gasteiger partial charge >= 0.3 is 0 Å². The summed E-state index contributed by atoms with van der Waals surface area (Å²) in [5.74, 6) is 1.48. The molecule has 1 fully saturated rings. The number of guanidine groups is 1. The number of hydrogen-bond acceptors (Lipinski definition) is 6. The molecule has 0 bridgehead atoms. The maximum absolute atomic E-state index is 10.6. The summed E-state index contributed by atoms with van der Waals surface area (Å²) >= 11 is 1.77. The van der Waals surface area contributed by atoms with E-state index in [-0.39, 0.29) is 36.1 Å². The predicted octanol–water partition coefficient (Wildman–Crippen LogP) is 3.43. The molecule has 7 nitrogen and oxygen atoms in total. The quantitative estimate of drug-likeness (QED) is 0.242. The van der Waals surface area contributed by atoms with Crippen LogP contribution in [-0.4, -0.2) is 68.5 Å². The average Bonchev–Trinajstić information content (AvgIpc) is 3.32. The number of methoxy groups -OCH3 is 1. The third-order valence-electron chi connectivity index (χ3n) is 5.31. The Morgan fingerprint density at radius 1 is 1.31 bits per heavy atom. The van der Waals surface area contributed by atoms with Crippen LogP contribution in [0.1, 0.15) is 36.4 Å². The number of aliphatic hydroxyl groups excluding tert-OH is 1. The summed E-state index contributed by atoms with van der Waals surface area (Å²) < 4.78 is 10.9. The van der Waals surface area contributed by atoms with Crippen LogP contribution in [0.4, 0.5) is 0 Å². The Hall–Kier alpha value is -1.40. The summed E-state index contributed by atoms with van der Waals surface area (Å²) in [7, 11) is 1.63. The summed E-state index contributed by atoms with van der Waals surface area (Å²) in [5.41, 5.74) is 0.836. The summed E-state index contributed by atoms with van der Waals surface area (Å²) in [6.45, 7) is 8.48. The lowest BCUT2D eigenvalue weighted by atomic mass is 10.1. The van der Waals surface area contributed by atoms with Gasteiger partial charge < -0.3 is 25.2 Å². The summed E-state index contributed by atoms with van der Waals surface area (Å²) in [5, 5.41) is 19.2. The molecule has 1 aromatic carbocycles. The molecule has 32 heavy (non-hydrogen) atoms. The zero-order chi connectivity index (χ0) is 22.1. The van der Waals surface area contributed by atoms with E-state index >= 15 is 0 Å².